The molecule has 0 unspecified atom stereocenters. The number of hydrogen-bond acceptors (Lipinski definition) is 3. The van der Waals surface area contributed by atoms with Crippen LogP contribution >= 0.6 is 0 Å². The molecule has 0 saturated carbocycles. The molecule has 0 aliphatic heterocycles. The van der Waals surface area contributed by atoms with Crippen molar-refractivity contribution in [3.05, 3.63) is 54.1 Å². The van der Waals surface area contributed by atoms with Crippen molar-refractivity contribution in [3.63, 3.8) is 0 Å². The lowest BCUT2D eigenvalue weighted by Crippen LogP contribution is -1.90. The van der Waals surface area contributed by atoms with Gasteiger partial charge < -0.3 is 5.11 Å². The summed E-state index contributed by atoms with van der Waals surface area (Å²) >= 11 is 0. The lowest BCUT2D eigenvalue weighted by Gasteiger charge is -2.03. The number of rotatable bonds is 2. The first-order valence-electron chi connectivity index (χ1n) is 5.80. The second-order valence-electron chi connectivity index (χ2n) is 4.10. The van der Waals surface area contributed by atoms with Crippen LogP contribution in [0.2, 0.25) is 0 Å². The summed E-state index contributed by atoms with van der Waals surface area (Å²) in [4.78, 5) is 19.7. The molecule has 92 valence electrons. The Hall–Kier alpha value is -2.75. The van der Waals surface area contributed by atoms with E-state index in [1.165, 1.54) is 6.08 Å². The third-order valence-corrected chi connectivity index (χ3v) is 2.81. The van der Waals surface area contributed by atoms with E-state index in [4.69, 9.17) is 5.11 Å². The van der Waals surface area contributed by atoms with Crippen molar-refractivity contribution < 1.29 is 9.90 Å². The Kier molecular flexibility index (Phi) is 2.68. The molecule has 1 heterocycles. The average Bonchev–Trinajstić information content (AvgIpc) is 2.42. The fraction of sp³-hybridized carbons (Fsp3) is 0. The van der Waals surface area contributed by atoms with Crippen molar-refractivity contribution in [1.29, 1.82) is 0 Å². The number of carboxylic acids is 1. The maximum atomic E-state index is 10.6. The topological polar surface area (TPSA) is 63.1 Å². The molecule has 1 aromatic heterocycles. The summed E-state index contributed by atoms with van der Waals surface area (Å²) in [5.74, 6) is -0.981. The van der Waals surface area contributed by atoms with E-state index >= 15 is 0 Å². The SMILES string of the molecule is O=C(O)/C=C/c1cccc2nc3ccccc3nc12. The van der Waals surface area contributed by atoms with Crippen molar-refractivity contribution in [3.8, 4) is 0 Å². The minimum atomic E-state index is -0.981. The maximum absolute atomic E-state index is 10.6. The highest BCUT2D eigenvalue weighted by Gasteiger charge is 2.04. The van der Waals surface area contributed by atoms with Crippen LogP contribution in [-0.4, -0.2) is 21.0 Å². The zero-order valence-electron chi connectivity index (χ0n) is 9.95. The minimum absolute atomic E-state index is 0.707. The summed E-state index contributed by atoms with van der Waals surface area (Å²) in [5.41, 5.74) is 3.84. The molecule has 4 nitrogen and oxygen atoms in total. The molecule has 0 atom stereocenters. The quantitative estimate of drug-likeness (QED) is 0.561. The molecular weight excluding hydrogens is 240 g/mol. The fourth-order valence-electron chi connectivity index (χ4n) is 1.96. The van der Waals surface area contributed by atoms with E-state index in [1.807, 2.05) is 42.5 Å². The molecule has 1 N–H and O–H groups in total. The summed E-state index contributed by atoms with van der Waals surface area (Å²) in [6, 6.07) is 13.1. The molecular formula is C15H10N2O2. The van der Waals surface area contributed by atoms with E-state index in [-0.39, 0.29) is 0 Å². The molecule has 0 fully saturated rings. The second-order valence-corrected chi connectivity index (χ2v) is 4.10. The van der Waals surface area contributed by atoms with Crippen LogP contribution in [0, 0.1) is 0 Å². The first-order valence-corrected chi connectivity index (χ1v) is 5.80. The third kappa shape index (κ3) is 2.15. The van der Waals surface area contributed by atoms with Crippen molar-refractivity contribution in [1.82, 2.24) is 9.97 Å². The van der Waals surface area contributed by atoms with Gasteiger partial charge in [0.1, 0.15) is 0 Å². The van der Waals surface area contributed by atoms with E-state index < -0.39 is 5.97 Å². The Labute approximate surface area is 109 Å². The molecule has 0 spiro atoms. The molecule has 2 aromatic carbocycles. The number of hydrogen-bond donors (Lipinski definition) is 1. The van der Waals surface area contributed by atoms with E-state index in [1.54, 1.807) is 0 Å². The largest absolute Gasteiger partial charge is 0.478 e. The molecule has 0 radical (unpaired) electrons. The standard InChI is InChI=1S/C15H10N2O2/c18-14(19)9-8-10-4-3-7-13-15(10)17-12-6-2-1-5-11(12)16-13/h1-9H,(H,18,19)/b9-8+. The highest BCUT2D eigenvalue weighted by Crippen LogP contribution is 2.20. The monoisotopic (exact) mass is 250 g/mol. The number of para-hydroxylation sites is 3. The number of benzene rings is 2. The molecule has 0 aliphatic rings. The van der Waals surface area contributed by atoms with Crippen LogP contribution in [0.3, 0.4) is 0 Å². The lowest BCUT2D eigenvalue weighted by atomic mass is 10.1. The van der Waals surface area contributed by atoms with Crippen molar-refractivity contribution in [2.24, 2.45) is 0 Å². The van der Waals surface area contributed by atoms with Crippen molar-refractivity contribution >= 4 is 34.1 Å². The molecule has 4 heteroatoms. The van der Waals surface area contributed by atoms with Gasteiger partial charge in [-0.05, 0) is 24.3 Å². The zero-order valence-corrected chi connectivity index (χ0v) is 9.95. The van der Waals surface area contributed by atoms with Crippen LogP contribution in [0.25, 0.3) is 28.1 Å². The highest BCUT2D eigenvalue weighted by atomic mass is 16.4. The second kappa shape index (κ2) is 4.49. The van der Waals surface area contributed by atoms with Gasteiger partial charge in [-0.2, -0.15) is 0 Å². The smallest absolute Gasteiger partial charge is 0.328 e. The molecule has 0 aliphatic carbocycles. The first-order chi connectivity index (χ1) is 9.24. The Bertz CT molecular complexity index is 809. The van der Waals surface area contributed by atoms with Gasteiger partial charge >= 0.3 is 5.97 Å². The fourth-order valence-corrected chi connectivity index (χ4v) is 1.96. The summed E-state index contributed by atoms with van der Waals surface area (Å²) in [6.07, 6.45) is 2.64. The number of carbonyl (C=O) groups is 1. The molecule has 0 amide bonds. The summed E-state index contributed by atoms with van der Waals surface area (Å²) in [5, 5.41) is 8.70. The summed E-state index contributed by atoms with van der Waals surface area (Å²) < 4.78 is 0. The number of nitrogens with zero attached hydrogens (tertiary/aromatic N) is 2. The normalized spacial score (nSPS) is 11.4. The predicted molar refractivity (Wildman–Crippen MR) is 73.7 cm³/mol. The van der Waals surface area contributed by atoms with Crippen LogP contribution in [-0.2, 0) is 4.79 Å². The molecule has 0 bridgehead atoms. The minimum Gasteiger partial charge on any atom is -0.478 e. The molecule has 19 heavy (non-hydrogen) atoms. The third-order valence-electron chi connectivity index (χ3n) is 2.81. The van der Waals surface area contributed by atoms with Gasteiger partial charge in [-0.1, -0.05) is 24.3 Å². The Balaban J connectivity index is 2.29. The Morgan fingerprint density at radius 3 is 2.37 bits per heavy atom. The van der Waals surface area contributed by atoms with Crippen LogP contribution < -0.4 is 0 Å². The van der Waals surface area contributed by atoms with E-state index in [2.05, 4.69) is 9.97 Å². The van der Waals surface area contributed by atoms with E-state index in [9.17, 15) is 4.79 Å². The van der Waals surface area contributed by atoms with Gasteiger partial charge in [-0.3, -0.25) is 0 Å². The van der Waals surface area contributed by atoms with E-state index in [0.29, 0.717) is 5.52 Å². The summed E-state index contributed by atoms with van der Waals surface area (Å²) in [7, 11) is 0. The van der Waals surface area contributed by atoms with E-state index in [0.717, 1.165) is 28.2 Å². The van der Waals surface area contributed by atoms with Gasteiger partial charge in [-0.15, -0.1) is 0 Å². The van der Waals surface area contributed by atoms with Gasteiger partial charge in [-0.25, -0.2) is 14.8 Å². The van der Waals surface area contributed by atoms with Crippen LogP contribution in [0.4, 0.5) is 0 Å². The summed E-state index contributed by atoms with van der Waals surface area (Å²) in [6.45, 7) is 0. The zero-order chi connectivity index (χ0) is 13.2. The molecule has 0 saturated heterocycles. The van der Waals surface area contributed by atoms with Gasteiger partial charge in [0.2, 0.25) is 0 Å². The maximum Gasteiger partial charge on any atom is 0.328 e. The van der Waals surface area contributed by atoms with Crippen LogP contribution in [0.5, 0.6) is 0 Å². The number of carboxylic acid groups (broad SMARTS) is 1. The van der Waals surface area contributed by atoms with Gasteiger partial charge in [0.15, 0.2) is 0 Å². The van der Waals surface area contributed by atoms with Gasteiger partial charge in [0.25, 0.3) is 0 Å². The molecule has 3 rings (SSSR count). The highest BCUT2D eigenvalue weighted by molar-refractivity contribution is 5.94. The van der Waals surface area contributed by atoms with Crippen LogP contribution in [0.1, 0.15) is 5.56 Å². The van der Waals surface area contributed by atoms with Crippen LogP contribution in [0.15, 0.2) is 48.5 Å². The van der Waals surface area contributed by atoms with Gasteiger partial charge in [0.05, 0.1) is 22.1 Å². The van der Waals surface area contributed by atoms with Crippen molar-refractivity contribution in [2.75, 3.05) is 0 Å². The van der Waals surface area contributed by atoms with Crippen molar-refractivity contribution in [2.45, 2.75) is 0 Å². The number of aliphatic carboxylic acids is 1. The lowest BCUT2D eigenvalue weighted by molar-refractivity contribution is -0.131. The molecule has 3 aromatic rings. The number of aromatic nitrogens is 2. The van der Waals surface area contributed by atoms with Gasteiger partial charge in [0, 0.05) is 11.6 Å². The predicted octanol–water partition coefficient (Wildman–Crippen LogP) is 2.88. The Morgan fingerprint density at radius 2 is 1.63 bits per heavy atom. The average molecular weight is 250 g/mol. The first kappa shape index (κ1) is 11.3. The Morgan fingerprint density at radius 1 is 0.947 bits per heavy atom. The number of fused-ring (bicyclic) bond motifs is 2.